The molecule has 0 N–H and O–H groups in total. The van der Waals surface area contributed by atoms with E-state index in [1.807, 2.05) is 0 Å². The molecule has 1 rings (SSSR count). The van der Waals surface area contributed by atoms with Gasteiger partial charge in [0, 0.05) is 0 Å². The van der Waals surface area contributed by atoms with Crippen molar-refractivity contribution < 1.29 is 4.39 Å². The van der Waals surface area contributed by atoms with E-state index in [9.17, 15) is 4.39 Å². The molecule has 0 radical (unpaired) electrons. The van der Waals surface area contributed by atoms with Gasteiger partial charge in [0.1, 0.15) is 5.82 Å². The van der Waals surface area contributed by atoms with Gasteiger partial charge in [-0.1, -0.05) is 0 Å². The van der Waals surface area contributed by atoms with E-state index in [4.69, 9.17) is 0 Å². The van der Waals surface area contributed by atoms with Gasteiger partial charge in [-0.25, -0.2) is 4.39 Å². The van der Waals surface area contributed by atoms with Crippen LogP contribution < -0.4 is 0 Å². The molecule has 0 saturated carbocycles. The lowest BCUT2D eigenvalue weighted by Gasteiger charge is -1.81. The first-order chi connectivity index (χ1) is 3.79. The first-order valence-electron chi connectivity index (χ1n) is 2.26. The number of hydrogen-bond donors (Lipinski definition) is 0. The van der Waals surface area contributed by atoms with Gasteiger partial charge in [-0.2, -0.15) is 0 Å². The highest BCUT2D eigenvalue weighted by atomic mass is 32.1. The summed E-state index contributed by atoms with van der Waals surface area (Å²) in [6.07, 6.45) is 0. The fraction of sp³-hybridized carbons (Fsp3) is 0. The fourth-order valence-electron chi connectivity index (χ4n) is 0.450. The zero-order valence-electron chi connectivity index (χ0n) is 4.19. The van der Waals surface area contributed by atoms with Gasteiger partial charge in [-0.15, -0.1) is 0 Å². The third-order valence-corrected chi connectivity index (χ3v) is 1.18. The third-order valence-electron chi connectivity index (χ3n) is 0.844. The predicted octanol–water partition coefficient (Wildman–Crippen LogP) is 1.20. The lowest BCUT2D eigenvalue weighted by molar-refractivity contribution is 0.626. The van der Waals surface area contributed by atoms with Crippen LogP contribution in [0.2, 0.25) is 0 Å². The minimum Gasteiger partial charge on any atom is -0.207 e. The molecule has 8 heavy (non-hydrogen) atoms. The van der Waals surface area contributed by atoms with Crippen molar-refractivity contribution in [3.63, 3.8) is 0 Å². The standard InChI is InChI=1S/C6H5FS/c7-5-1-3-6(8)4-2-5/h1-4,8H/p+1. The Morgan fingerprint density at radius 3 is 2.00 bits per heavy atom. The Morgan fingerprint density at radius 2 is 1.62 bits per heavy atom. The van der Waals surface area contributed by atoms with Crippen LogP contribution in [0.3, 0.4) is 0 Å². The first-order valence-corrected chi connectivity index (χ1v) is 2.76. The van der Waals surface area contributed by atoms with E-state index in [0.29, 0.717) is 0 Å². The average molecular weight is 129 g/mol. The van der Waals surface area contributed by atoms with E-state index < -0.39 is 0 Å². The van der Waals surface area contributed by atoms with Gasteiger partial charge in [0.2, 0.25) is 0 Å². The Morgan fingerprint density at radius 1 is 1.12 bits per heavy atom. The summed E-state index contributed by atoms with van der Waals surface area (Å²) in [5, 5.41) is 0. The highest BCUT2D eigenvalue weighted by Gasteiger charge is 1.89. The minimum absolute atomic E-state index is 0.202. The van der Waals surface area contributed by atoms with Crippen molar-refractivity contribution in [1.82, 2.24) is 0 Å². The van der Waals surface area contributed by atoms with Crippen LogP contribution in [0.4, 0.5) is 4.39 Å². The van der Waals surface area contributed by atoms with E-state index in [-0.39, 0.29) is 5.82 Å². The summed E-state index contributed by atoms with van der Waals surface area (Å²) in [6.45, 7) is 0. The molecule has 0 aliphatic carbocycles. The van der Waals surface area contributed by atoms with E-state index in [1.54, 1.807) is 12.1 Å². The molecule has 0 aliphatic rings. The lowest BCUT2D eigenvalue weighted by Crippen LogP contribution is -1.71. The molecule has 0 nitrogen and oxygen atoms in total. The molecule has 0 heterocycles. The average Bonchev–Trinajstić information content (AvgIpc) is 1.77. The predicted molar refractivity (Wildman–Crippen MR) is 34.8 cm³/mol. The lowest BCUT2D eigenvalue weighted by atomic mass is 10.4. The van der Waals surface area contributed by atoms with Gasteiger partial charge >= 0.3 is 0 Å². The smallest absolute Gasteiger partial charge is 0.150 e. The second-order valence-corrected chi connectivity index (χ2v) is 2.08. The molecule has 0 amide bonds. The second-order valence-electron chi connectivity index (χ2n) is 1.51. The van der Waals surface area contributed by atoms with Crippen LogP contribution in [0.5, 0.6) is 0 Å². The van der Waals surface area contributed by atoms with Crippen molar-refractivity contribution in [2.75, 3.05) is 0 Å². The number of halogens is 1. The van der Waals surface area contributed by atoms with Crippen LogP contribution in [-0.4, -0.2) is 0 Å². The van der Waals surface area contributed by atoms with Gasteiger partial charge in [0.05, 0.1) is 0 Å². The number of hydrogen-bond acceptors (Lipinski definition) is 0. The monoisotopic (exact) mass is 129 g/mol. The normalized spacial score (nSPS) is 9.25. The Bertz CT molecular complexity index is 147. The van der Waals surface area contributed by atoms with Gasteiger partial charge in [0.25, 0.3) is 0 Å². The van der Waals surface area contributed by atoms with Crippen molar-refractivity contribution in [3.05, 3.63) is 30.1 Å². The summed E-state index contributed by atoms with van der Waals surface area (Å²) in [4.78, 5) is 0.895. The molecule has 2 heteroatoms. The van der Waals surface area contributed by atoms with Crippen molar-refractivity contribution in [3.8, 4) is 0 Å². The Balaban J connectivity index is 3.03. The Hall–Kier alpha value is -0.500. The van der Waals surface area contributed by atoms with Gasteiger partial charge < -0.3 is 0 Å². The fourth-order valence-corrected chi connectivity index (χ4v) is 0.617. The third kappa shape index (κ3) is 1.23. The summed E-state index contributed by atoms with van der Waals surface area (Å²) in [6, 6.07) is 6.13. The first kappa shape index (κ1) is 5.63. The van der Waals surface area contributed by atoms with Gasteiger partial charge in [0.15, 0.2) is 4.90 Å². The molecule has 0 aliphatic heterocycles. The van der Waals surface area contributed by atoms with E-state index in [2.05, 4.69) is 12.6 Å². The minimum atomic E-state index is -0.202. The maximum atomic E-state index is 12.1. The van der Waals surface area contributed by atoms with Gasteiger partial charge in [-0.05, 0) is 36.9 Å². The molecule has 42 valence electrons. The van der Waals surface area contributed by atoms with Crippen molar-refractivity contribution in [2.24, 2.45) is 0 Å². The molecule has 1 aromatic rings. The summed E-state index contributed by atoms with van der Waals surface area (Å²) in [7, 11) is 0. The van der Waals surface area contributed by atoms with Crippen molar-refractivity contribution in [1.29, 1.82) is 0 Å². The quantitative estimate of drug-likeness (QED) is 0.462. The second kappa shape index (κ2) is 2.18. The maximum Gasteiger partial charge on any atom is 0.150 e. The maximum absolute atomic E-state index is 12.1. The Kier molecular flexibility index (Phi) is 1.53. The van der Waals surface area contributed by atoms with Crippen LogP contribution in [0.1, 0.15) is 0 Å². The summed E-state index contributed by atoms with van der Waals surface area (Å²) in [5.74, 6) is -0.202. The van der Waals surface area contributed by atoms with Crippen molar-refractivity contribution >= 4 is 12.6 Å². The SMILES string of the molecule is Fc1ccc([SH2+])cc1. The molecule has 0 bridgehead atoms. The topological polar surface area (TPSA) is 0 Å². The number of benzene rings is 1. The van der Waals surface area contributed by atoms with Crippen molar-refractivity contribution in [2.45, 2.75) is 4.90 Å². The molecule has 0 fully saturated rings. The highest BCUT2D eigenvalue weighted by molar-refractivity contribution is 7.58. The molecule has 0 spiro atoms. The summed E-state index contributed by atoms with van der Waals surface area (Å²) < 4.78 is 12.1. The molecular weight excluding hydrogens is 123 g/mol. The molecule has 0 unspecified atom stereocenters. The zero-order chi connectivity index (χ0) is 5.98. The number of rotatable bonds is 0. The largest absolute Gasteiger partial charge is 0.207 e. The zero-order valence-corrected chi connectivity index (χ0v) is 5.19. The van der Waals surface area contributed by atoms with Crippen LogP contribution in [0.15, 0.2) is 29.2 Å². The van der Waals surface area contributed by atoms with Crippen LogP contribution in [0, 0.1) is 5.82 Å². The summed E-state index contributed by atoms with van der Waals surface area (Å²) >= 11 is 3.22. The van der Waals surface area contributed by atoms with Gasteiger partial charge in [-0.3, -0.25) is 0 Å². The molecular formula is C6H6FS+. The highest BCUT2D eigenvalue weighted by Crippen LogP contribution is 1.99. The van der Waals surface area contributed by atoms with E-state index in [0.717, 1.165) is 4.90 Å². The van der Waals surface area contributed by atoms with Crippen LogP contribution in [0.25, 0.3) is 0 Å². The molecule has 1 aromatic carbocycles. The van der Waals surface area contributed by atoms with Crippen LogP contribution >= 0.6 is 0 Å². The summed E-state index contributed by atoms with van der Waals surface area (Å²) in [5.41, 5.74) is 0. The molecule has 0 saturated heterocycles. The molecule has 0 aromatic heterocycles. The van der Waals surface area contributed by atoms with E-state index in [1.165, 1.54) is 12.1 Å². The van der Waals surface area contributed by atoms with Crippen LogP contribution in [-0.2, 0) is 12.6 Å². The van der Waals surface area contributed by atoms with E-state index >= 15 is 0 Å². The molecule has 0 atom stereocenters. The Labute approximate surface area is 52.8 Å².